The summed E-state index contributed by atoms with van der Waals surface area (Å²) < 4.78 is 11.6. The number of carbonyl (C=O) groups excluding carboxylic acids is 2. The monoisotopic (exact) mass is 395 g/mol. The lowest BCUT2D eigenvalue weighted by Crippen LogP contribution is -2.40. The Morgan fingerprint density at radius 3 is 2.82 bits per heavy atom. The number of ether oxygens (including phenoxy) is 2. The maximum absolute atomic E-state index is 13.2. The van der Waals surface area contributed by atoms with E-state index in [4.69, 9.17) is 21.1 Å². The van der Waals surface area contributed by atoms with Gasteiger partial charge in [-0.3, -0.25) is 9.59 Å². The first-order valence-corrected chi connectivity index (χ1v) is 9.60. The molecule has 5 rings (SSSR count). The zero-order valence-corrected chi connectivity index (χ0v) is 15.7. The third-order valence-corrected chi connectivity index (χ3v) is 5.95. The molecule has 1 spiro atoms. The largest absolute Gasteiger partial charge is 0.460 e. The average molecular weight is 396 g/mol. The van der Waals surface area contributed by atoms with Crippen molar-refractivity contribution in [1.29, 1.82) is 0 Å². The van der Waals surface area contributed by atoms with E-state index in [2.05, 4.69) is 0 Å². The van der Waals surface area contributed by atoms with Crippen molar-refractivity contribution in [3.8, 4) is 0 Å². The summed E-state index contributed by atoms with van der Waals surface area (Å²) in [5.74, 6) is -1.74. The Balaban J connectivity index is 1.39. The van der Waals surface area contributed by atoms with Gasteiger partial charge in [-0.25, -0.2) is 0 Å². The van der Waals surface area contributed by atoms with E-state index in [-0.39, 0.29) is 12.5 Å². The normalized spacial score (nSPS) is 30.0. The minimum Gasteiger partial charge on any atom is -0.460 e. The average Bonchev–Trinajstić information content (AvgIpc) is 3.35. The van der Waals surface area contributed by atoms with Crippen molar-refractivity contribution >= 4 is 29.2 Å². The third kappa shape index (κ3) is 2.65. The molecule has 3 heterocycles. The number of amides is 1. The van der Waals surface area contributed by atoms with Crippen molar-refractivity contribution < 1.29 is 19.1 Å². The smallest absolute Gasteiger partial charge is 0.313 e. The molecular formula is C22H18ClNO4. The van der Waals surface area contributed by atoms with E-state index in [9.17, 15) is 9.59 Å². The molecule has 2 aromatic rings. The van der Waals surface area contributed by atoms with Crippen LogP contribution in [0.5, 0.6) is 0 Å². The molecule has 6 heteroatoms. The summed E-state index contributed by atoms with van der Waals surface area (Å²) in [5, 5.41) is 0.555. The lowest BCUT2D eigenvalue weighted by molar-refractivity contribution is -0.153. The van der Waals surface area contributed by atoms with Crippen LogP contribution in [-0.2, 0) is 25.7 Å². The highest BCUT2D eigenvalue weighted by Gasteiger charge is 2.67. The molecule has 4 atom stereocenters. The highest BCUT2D eigenvalue weighted by Crippen LogP contribution is 2.53. The fraction of sp³-hybridized carbons (Fsp3) is 0.273. The predicted molar refractivity (Wildman–Crippen MR) is 104 cm³/mol. The Morgan fingerprint density at radius 1 is 1.21 bits per heavy atom. The van der Waals surface area contributed by atoms with Crippen LogP contribution in [0.3, 0.4) is 0 Å². The summed E-state index contributed by atoms with van der Waals surface area (Å²) in [6.07, 6.45) is 3.38. The van der Waals surface area contributed by atoms with Crippen molar-refractivity contribution in [3.05, 3.63) is 77.3 Å². The number of fused-ring (bicyclic) bond motifs is 1. The Morgan fingerprint density at radius 2 is 2.04 bits per heavy atom. The van der Waals surface area contributed by atoms with Gasteiger partial charge in [0.05, 0.1) is 18.6 Å². The Kier molecular flexibility index (Phi) is 4.03. The number of benzene rings is 2. The fourth-order valence-electron chi connectivity index (χ4n) is 4.45. The summed E-state index contributed by atoms with van der Waals surface area (Å²) in [6, 6.07) is 16.6. The molecule has 2 bridgehead atoms. The summed E-state index contributed by atoms with van der Waals surface area (Å²) in [6.45, 7) is 0.546. The molecule has 0 aromatic heterocycles. The molecule has 142 valence electrons. The second-order valence-corrected chi connectivity index (χ2v) is 7.83. The van der Waals surface area contributed by atoms with Gasteiger partial charge in [0.15, 0.2) is 0 Å². The summed E-state index contributed by atoms with van der Waals surface area (Å²) in [5.41, 5.74) is 0.835. The van der Waals surface area contributed by atoms with Crippen LogP contribution in [0.2, 0.25) is 5.02 Å². The van der Waals surface area contributed by atoms with Crippen molar-refractivity contribution in [2.75, 3.05) is 11.4 Å². The van der Waals surface area contributed by atoms with Gasteiger partial charge in [-0.1, -0.05) is 60.2 Å². The number of nitrogens with zero attached hydrogens (tertiary/aromatic N) is 1. The van der Waals surface area contributed by atoms with Crippen molar-refractivity contribution in [2.45, 2.75) is 18.3 Å². The van der Waals surface area contributed by atoms with Crippen LogP contribution >= 0.6 is 11.6 Å². The van der Waals surface area contributed by atoms with Crippen LogP contribution in [0.25, 0.3) is 0 Å². The Hall–Kier alpha value is -2.63. The molecule has 3 aliphatic heterocycles. The van der Waals surface area contributed by atoms with Crippen LogP contribution < -0.4 is 4.90 Å². The van der Waals surface area contributed by atoms with Gasteiger partial charge in [0.25, 0.3) is 0 Å². The minimum atomic E-state index is -0.777. The van der Waals surface area contributed by atoms with E-state index >= 15 is 0 Å². The molecule has 1 amide bonds. The fourth-order valence-corrected chi connectivity index (χ4v) is 4.64. The second kappa shape index (κ2) is 6.47. The maximum atomic E-state index is 13.2. The molecule has 0 saturated carbocycles. The molecule has 2 saturated heterocycles. The standard InChI is InChI=1S/C22H18ClNO4/c23-15-7-4-8-16(11-15)24-13-22-10-9-17(28-22)18(19(22)20(24)25)21(26)27-12-14-5-2-1-3-6-14/h1-11,17-19H,12-13H2/t17-,18-,19+,22+/m1/s1. The van der Waals surface area contributed by atoms with Crippen LogP contribution in [0.4, 0.5) is 5.69 Å². The molecule has 28 heavy (non-hydrogen) atoms. The van der Waals surface area contributed by atoms with Gasteiger partial charge in [0.1, 0.15) is 18.1 Å². The molecule has 3 aliphatic rings. The first-order valence-electron chi connectivity index (χ1n) is 9.22. The van der Waals surface area contributed by atoms with Gasteiger partial charge in [-0.15, -0.1) is 0 Å². The van der Waals surface area contributed by atoms with Crippen molar-refractivity contribution in [2.24, 2.45) is 11.8 Å². The van der Waals surface area contributed by atoms with E-state index in [1.54, 1.807) is 23.1 Å². The van der Waals surface area contributed by atoms with E-state index in [0.717, 1.165) is 5.56 Å². The number of esters is 1. The van der Waals surface area contributed by atoms with Gasteiger partial charge in [-0.05, 0) is 23.8 Å². The lowest BCUT2D eigenvalue weighted by atomic mass is 9.77. The SMILES string of the molecule is O=C(OCc1ccccc1)[C@H]1[C@H]2C(=O)N(c3cccc(Cl)c3)C[C@@]23C=C[C@H]1O3. The van der Waals surface area contributed by atoms with E-state index < -0.39 is 29.5 Å². The molecule has 0 unspecified atom stereocenters. The van der Waals surface area contributed by atoms with Crippen molar-refractivity contribution in [3.63, 3.8) is 0 Å². The zero-order chi connectivity index (χ0) is 19.3. The summed E-state index contributed by atoms with van der Waals surface area (Å²) >= 11 is 6.09. The minimum absolute atomic E-state index is 0.129. The van der Waals surface area contributed by atoms with Crippen LogP contribution in [-0.4, -0.2) is 30.1 Å². The van der Waals surface area contributed by atoms with Crippen LogP contribution in [0.1, 0.15) is 5.56 Å². The quantitative estimate of drug-likeness (QED) is 0.588. The number of rotatable bonds is 4. The highest BCUT2D eigenvalue weighted by atomic mass is 35.5. The van der Waals surface area contributed by atoms with Crippen LogP contribution in [0.15, 0.2) is 66.7 Å². The first-order chi connectivity index (χ1) is 13.6. The third-order valence-electron chi connectivity index (χ3n) is 5.72. The lowest BCUT2D eigenvalue weighted by Gasteiger charge is -2.22. The molecule has 0 radical (unpaired) electrons. The second-order valence-electron chi connectivity index (χ2n) is 7.40. The molecule has 2 fully saturated rings. The van der Waals surface area contributed by atoms with E-state index in [1.807, 2.05) is 48.6 Å². The number of halogens is 1. The number of hydrogen-bond donors (Lipinski definition) is 0. The zero-order valence-electron chi connectivity index (χ0n) is 15.0. The summed E-state index contributed by atoms with van der Waals surface area (Å²) in [7, 11) is 0. The van der Waals surface area contributed by atoms with Gasteiger partial charge in [0, 0.05) is 10.7 Å². The van der Waals surface area contributed by atoms with Gasteiger partial charge in [0.2, 0.25) is 5.91 Å². The topological polar surface area (TPSA) is 55.8 Å². The Labute approximate surface area is 167 Å². The summed E-state index contributed by atoms with van der Waals surface area (Å²) in [4.78, 5) is 27.7. The van der Waals surface area contributed by atoms with E-state index in [1.165, 1.54) is 0 Å². The molecule has 0 aliphatic carbocycles. The maximum Gasteiger partial charge on any atom is 0.313 e. The highest BCUT2D eigenvalue weighted by molar-refractivity contribution is 6.31. The first kappa shape index (κ1) is 17.5. The van der Waals surface area contributed by atoms with Crippen LogP contribution in [0, 0.1) is 11.8 Å². The number of hydrogen-bond acceptors (Lipinski definition) is 4. The van der Waals surface area contributed by atoms with E-state index in [0.29, 0.717) is 17.3 Å². The number of anilines is 1. The Bertz CT molecular complexity index is 976. The predicted octanol–water partition coefficient (Wildman–Crippen LogP) is 3.37. The molecular weight excluding hydrogens is 378 g/mol. The molecule has 0 N–H and O–H groups in total. The molecule has 2 aromatic carbocycles. The van der Waals surface area contributed by atoms with Gasteiger partial charge in [-0.2, -0.15) is 0 Å². The van der Waals surface area contributed by atoms with Gasteiger partial charge >= 0.3 is 5.97 Å². The van der Waals surface area contributed by atoms with Crippen molar-refractivity contribution in [1.82, 2.24) is 0 Å². The molecule has 5 nitrogen and oxygen atoms in total. The van der Waals surface area contributed by atoms with Gasteiger partial charge < -0.3 is 14.4 Å². The number of carbonyl (C=O) groups is 2.